The maximum absolute atomic E-state index is 12.1. The Morgan fingerprint density at radius 2 is 2.03 bits per heavy atom. The van der Waals surface area contributed by atoms with Gasteiger partial charge in [0.2, 0.25) is 0 Å². The smallest absolute Gasteiger partial charge is 0.348 e. The fourth-order valence-electron chi connectivity index (χ4n) is 3.09. The molecule has 0 atom stereocenters. The average Bonchev–Trinajstić information content (AvgIpc) is 2.72. The van der Waals surface area contributed by atoms with Gasteiger partial charge in [-0.25, -0.2) is 4.79 Å². The van der Waals surface area contributed by atoms with Crippen LogP contribution in [-0.2, 0) is 0 Å². The first-order chi connectivity index (χ1) is 14.1. The first-order valence-electron chi connectivity index (χ1n) is 9.16. The van der Waals surface area contributed by atoms with Gasteiger partial charge in [-0.05, 0) is 42.8 Å². The minimum Gasteiger partial charge on any atom is -0.506 e. The standard InChI is InChI=1S/C22H18ClN3O3/c23-14-6-7-15-18(8-11-26-19(15)12-14)25-10-3-9-24-13-17-21(27)16-4-1-2-5-20(16)29-22(17)28/h1-2,4-8,11-13,27H,3,9-10H2,(H,25,26). The summed E-state index contributed by atoms with van der Waals surface area (Å²) in [4.78, 5) is 20.6. The monoisotopic (exact) mass is 407 g/mol. The van der Waals surface area contributed by atoms with Gasteiger partial charge in [0.1, 0.15) is 16.9 Å². The van der Waals surface area contributed by atoms with E-state index in [1.807, 2.05) is 24.3 Å². The van der Waals surface area contributed by atoms with E-state index in [9.17, 15) is 9.90 Å². The van der Waals surface area contributed by atoms with Crippen LogP contribution < -0.4 is 10.9 Å². The highest BCUT2D eigenvalue weighted by Crippen LogP contribution is 2.25. The molecule has 2 aromatic heterocycles. The molecule has 4 aromatic rings. The highest BCUT2D eigenvalue weighted by molar-refractivity contribution is 6.31. The molecule has 29 heavy (non-hydrogen) atoms. The number of hydrogen-bond donors (Lipinski definition) is 2. The average molecular weight is 408 g/mol. The van der Waals surface area contributed by atoms with Crippen molar-refractivity contribution >= 4 is 45.4 Å². The van der Waals surface area contributed by atoms with Gasteiger partial charge >= 0.3 is 5.63 Å². The lowest BCUT2D eigenvalue weighted by Gasteiger charge is -2.08. The second kappa shape index (κ2) is 8.32. The lowest BCUT2D eigenvalue weighted by molar-refractivity contribution is 0.466. The van der Waals surface area contributed by atoms with E-state index in [1.165, 1.54) is 6.21 Å². The number of benzene rings is 2. The van der Waals surface area contributed by atoms with Gasteiger partial charge in [0.15, 0.2) is 0 Å². The maximum Gasteiger partial charge on any atom is 0.348 e. The Bertz CT molecular complexity index is 1270. The Morgan fingerprint density at radius 1 is 1.17 bits per heavy atom. The third-order valence-electron chi connectivity index (χ3n) is 4.52. The second-order valence-electron chi connectivity index (χ2n) is 6.48. The topological polar surface area (TPSA) is 87.7 Å². The Hall–Kier alpha value is -3.38. The highest BCUT2D eigenvalue weighted by Gasteiger charge is 2.11. The van der Waals surface area contributed by atoms with Crippen LogP contribution in [0.4, 0.5) is 5.69 Å². The molecule has 4 rings (SSSR count). The molecule has 0 spiro atoms. The third-order valence-corrected chi connectivity index (χ3v) is 4.76. The molecule has 0 aliphatic carbocycles. The van der Waals surface area contributed by atoms with Crippen molar-refractivity contribution in [2.45, 2.75) is 6.42 Å². The number of aliphatic imine (C=N–C) groups is 1. The van der Waals surface area contributed by atoms with E-state index >= 15 is 0 Å². The van der Waals surface area contributed by atoms with Crippen LogP contribution in [0.25, 0.3) is 21.9 Å². The van der Waals surface area contributed by atoms with E-state index in [2.05, 4.69) is 15.3 Å². The summed E-state index contributed by atoms with van der Waals surface area (Å²) in [5.41, 5.74) is 1.61. The molecule has 0 aliphatic rings. The van der Waals surface area contributed by atoms with Gasteiger partial charge in [-0.1, -0.05) is 23.7 Å². The molecule has 2 N–H and O–H groups in total. The van der Waals surface area contributed by atoms with Crippen molar-refractivity contribution in [2.75, 3.05) is 18.4 Å². The van der Waals surface area contributed by atoms with Gasteiger partial charge in [-0.3, -0.25) is 9.98 Å². The number of halogens is 1. The van der Waals surface area contributed by atoms with E-state index in [0.29, 0.717) is 29.1 Å². The lowest BCUT2D eigenvalue weighted by atomic mass is 10.1. The van der Waals surface area contributed by atoms with Gasteiger partial charge in [0.05, 0.1) is 10.9 Å². The third kappa shape index (κ3) is 4.07. The minimum absolute atomic E-state index is 0.0636. The zero-order valence-electron chi connectivity index (χ0n) is 15.4. The number of aromatic hydroxyl groups is 1. The lowest BCUT2D eigenvalue weighted by Crippen LogP contribution is -2.08. The van der Waals surface area contributed by atoms with E-state index in [-0.39, 0.29) is 11.3 Å². The molecule has 0 bridgehead atoms. The van der Waals surface area contributed by atoms with E-state index < -0.39 is 5.63 Å². The fourth-order valence-corrected chi connectivity index (χ4v) is 3.25. The number of rotatable bonds is 6. The predicted octanol–water partition coefficient (Wildman–Crippen LogP) is 4.62. The number of nitrogens with zero attached hydrogens (tertiary/aromatic N) is 2. The first kappa shape index (κ1) is 19.0. The minimum atomic E-state index is -0.606. The van der Waals surface area contributed by atoms with E-state index in [4.69, 9.17) is 16.0 Å². The molecule has 7 heteroatoms. The van der Waals surface area contributed by atoms with Gasteiger partial charge in [-0.15, -0.1) is 0 Å². The van der Waals surface area contributed by atoms with Crippen LogP contribution in [0.5, 0.6) is 5.75 Å². The molecule has 0 radical (unpaired) electrons. The summed E-state index contributed by atoms with van der Waals surface area (Å²) in [7, 11) is 0. The van der Waals surface area contributed by atoms with Crippen LogP contribution in [0.15, 0.2) is 68.9 Å². The van der Waals surface area contributed by atoms with Crippen molar-refractivity contribution in [3.05, 3.63) is 75.7 Å². The van der Waals surface area contributed by atoms with E-state index in [1.54, 1.807) is 30.5 Å². The quantitative estimate of drug-likeness (QED) is 0.276. The molecule has 0 aliphatic heterocycles. The summed E-state index contributed by atoms with van der Waals surface area (Å²) >= 11 is 6.01. The number of nitrogens with one attached hydrogen (secondary N) is 1. The summed E-state index contributed by atoms with van der Waals surface area (Å²) in [5, 5.41) is 15.8. The van der Waals surface area contributed by atoms with Crippen molar-refractivity contribution in [1.29, 1.82) is 0 Å². The van der Waals surface area contributed by atoms with Crippen LogP contribution in [0.2, 0.25) is 5.02 Å². The molecule has 0 fully saturated rings. The Balaban J connectivity index is 1.39. The summed E-state index contributed by atoms with van der Waals surface area (Å²) in [6.07, 6.45) is 3.85. The molecular weight excluding hydrogens is 390 g/mol. The van der Waals surface area contributed by atoms with E-state index in [0.717, 1.165) is 23.0 Å². The van der Waals surface area contributed by atoms with Crippen LogP contribution in [0.1, 0.15) is 12.0 Å². The van der Waals surface area contributed by atoms with Crippen molar-refractivity contribution in [2.24, 2.45) is 4.99 Å². The van der Waals surface area contributed by atoms with Crippen LogP contribution in [-0.4, -0.2) is 29.4 Å². The Labute approximate surface area is 171 Å². The molecular formula is C22H18ClN3O3. The molecule has 6 nitrogen and oxygen atoms in total. The largest absolute Gasteiger partial charge is 0.506 e. The number of hydrogen-bond acceptors (Lipinski definition) is 6. The van der Waals surface area contributed by atoms with Crippen molar-refractivity contribution in [3.63, 3.8) is 0 Å². The summed E-state index contributed by atoms with van der Waals surface area (Å²) < 4.78 is 5.22. The SMILES string of the molecule is O=c1oc2ccccc2c(O)c1C=NCCCNc1ccnc2cc(Cl)ccc12. The summed E-state index contributed by atoms with van der Waals surface area (Å²) in [6.45, 7) is 1.19. The van der Waals surface area contributed by atoms with Gasteiger partial charge in [0.25, 0.3) is 0 Å². The number of fused-ring (bicyclic) bond motifs is 2. The molecule has 0 saturated heterocycles. The molecule has 2 heterocycles. The molecule has 0 unspecified atom stereocenters. The number of pyridine rings is 1. The van der Waals surface area contributed by atoms with Crippen molar-refractivity contribution < 1.29 is 9.52 Å². The summed E-state index contributed by atoms with van der Waals surface area (Å²) in [5.74, 6) is -0.111. The van der Waals surface area contributed by atoms with Crippen LogP contribution in [0.3, 0.4) is 0 Å². The zero-order chi connectivity index (χ0) is 20.2. The maximum atomic E-state index is 12.1. The van der Waals surface area contributed by atoms with Crippen LogP contribution in [0, 0.1) is 0 Å². The molecule has 0 amide bonds. The zero-order valence-corrected chi connectivity index (χ0v) is 16.2. The number of anilines is 1. The van der Waals surface area contributed by atoms with Gasteiger partial charge < -0.3 is 14.8 Å². The number of para-hydroxylation sites is 1. The van der Waals surface area contributed by atoms with Crippen LogP contribution >= 0.6 is 11.6 Å². The molecule has 146 valence electrons. The Kier molecular flexibility index (Phi) is 5.44. The fraction of sp³-hybridized carbons (Fsp3) is 0.136. The molecule has 0 saturated carbocycles. The second-order valence-corrected chi connectivity index (χ2v) is 6.92. The normalized spacial score (nSPS) is 11.5. The summed E-state index contributed by atoms with van der Waals surface area (Å²) in [6, 6.07) is 14.4. The number of aromatic nitrogens is 1. The first-order valence-corrected chi connectivity index (χ1v) is 9.54. The van der Waals surface area contributed by atoms with Gasteiger partial charge in [-0.2, -0.15) is 0 Å². The van der Waals surface area contributed by atoms with Crippen molar-refractivity contribution in [1.82, 2.24) is 4.98 Å². The van der Waals surface area contributed by atoms with Gasteiger partial charge in [0, 0.05) is 41.6 Å². The Morgan fingerprint density at radius 3 is 2.93 bits per heavy atom. The van der Waals surface area contributed by atoms with Crippen molar-refractivity contribution in [3.8, 4) is 5.75 Å². The predicted molar refractivity (Wildman–Crippen MR) is 116 cm³/mol. The highest BCUT2D eigenvalue weighted by atomic mass is 35.5. The molecule has 2 aromatic carbocycles.